The van der Waals surface area contributed by atoms with E-state index in [0.717, 1.165) is 15.9 Å². The van der Waals surface area contributed by atoms with Crippen molar-refractivity contribution in [3.8, 4) is 0 Å². The fourth-order valence-electron chi connectivity index (χ4n) is 1.59. The van der Waals surface area contributed by atoms with Gasteiger partial charge in [0.05, 0.1) is 11.1 Å². The van der Waals surface area contributed by atoms with Crippen molar-refractivity contribution in [2.45, 2.75) is 33.7 Å². The van der Waals surface area contributed by atoms with Crippen molar-refractivity contribution < 1.29 is 9.53 Å². The minimum absolute atomic E-state index is 0.168. The van der Waals surface area contributed by atoms with Gasteiger partial charge in [0.2, 0.25) is 0 Å². The maximum absolute atomic E-state index is 11.6. The monoisotopic (exact) mass is 314 g/mol. The summed E-state index contributed by atoms with van der Waals surface area (Å²) in [6.45, 7) is 8.43. The lowest BCUT2D eigenvalue weighted by atomic mass is 10.2. The van der Waals surface area contributed by atoms with Crippen molar-refractivity contribution in [3.63, 3.8) is 0 Å². The molecule has 1 rings (SSSR count). The number of esters is 1. The highest BCUT2D eigenvalue weighted by Crippen LogP contribution is 2.25. The maximum atomic E-state index is 11.6. The Balaban J connectivity index is 2.94. The first-order chi connectivity index (χ1) is 8.45. The van der Waals surface area contributed by atoms with E-state index in [4.69, 9.17) is 4.74 Å². The Bertz CT molecular complexity index is 421. The molecule has 18 heavy (non-hydrogen) atoms. The summed E-state index contributed by atoms with van der Waals surface area (Å²) < 4.78 is 5.87. The number of hydrogen-bond donors (Lipinski definition) is 0. The van der Waals surface area contributed by atoms with Gasteiger partial charge in [-0.25, -0.2) is 4.98 Å². The quantitative estimate of drug-likeness (QED) is 0.784. The number of halogens is 1. The van der Waals surface area contributed by atoms with E-state index in [-0.39, 0.29) is 18.6 Å². The number of pyridine rings is 1. The van der Waals surface area contributed by atoms with Crippen LogP contribution in [0.5, 0.6) is 0 Å². The molecule has 1 aromatic rings. The zero-order valence-electron chi connectivity index (χ0n) is 11.2. The molecule has 0 bridgehead atoms. The van der Waals surface area contributed by atoms with Gasteiger partial charge in [-0.05, 0) is 55.3 Å². The van der Waals surface area contributed by atoms with E-state index in [2.05, 4.69) is 20.9 Å². The average molecular weight is 315 g/mol. The third-order valence-corrected chi connectivity index (χ3v) is 3.04. The van der Waals surface area contributed by atoms with Gasteiger partial charge in [-0.15, -0.1) is 0 Å². The fraction of sp³-hybridized carbons (Fsp3) is 0.538. The van der Waals surface area contributed by atoms with Gasteiger partial charge in [-0.3, -0.25) is 4.79 Å². The largest absolute Gasteiger partial charge is 0.465 e. The highest BCUT2D eigenvalue weighted by atomic mass is 79.9. The van der Waals surface area contributed by atoms with Gasteiger partial charge in [0.15, 0.2) is 0 Å². The number of aromatic nitrogens is 1. The van der Waals surface area contributed by atoms with Gasteiger partial charge < -0.3 is 9.64 Å². The number of hydrogen-bond acceptors (Lipinski definition) is 4. The fourth-order valence-corrected chi connectivity index (χ4v) is 2.28. The standard InChI is InChI=1S/C13H19BrN2O2/c1-5-18-12(17)8-16(9(2)3)13-11(14)6-10(4)7-15-13/h6-7,9H,5,8H2,1-4H3. The molecule has 0 fully saturated rings. The van der Waals surface area contributed by atoms with E-state index in [1.54, 1.807) is 13.1 Å². The summed E-state index contributed by atoms with van der Waals surface area (Å²) in [6.07, 6.45) is 1.79. The van der Waals surface area contributed by atoms with Crippen LogP contribution in [-0.4, -0.2) is 30.1 Å². The van der Waals surface area contributed by atoms with Crippen LogP contribution in [0.25, 0.3) is 0 Å². The Morgan fingerprint density at radius 1 is 1.56 bits per heavy atom. The minimum atomic E-state index is -0.236. The third-order valence-electron chi connectivity index (χ3n) is 2.46. The molecular formula is C13H19BrN2O2. The molecule has 0 radical (unpaired) electrons. The second-order valence-electron chi connectivity index (χ2n) is 4.34. The van der Waals surface area contributed by atoms with Crippen molar-refractivity contribution in [1.29, 1.82) is 0 Å². The Labute approximate surface area is 116 Å². The lowest BCUT2D eigenvalue weighted by Crippen LogP contribution is -2.37. The van der Waals surface area contributed by atoms with Crippen LogP contribution in [0.4, 0.5) is 5.82 Å². The second kappa shape index (κ2) is 6.73. The molecule has 0 unspecified atom stereocenters. The van der Waals surface area contributed by atoms with Crippen molar-refractivity contribution in [1.82, 2.24) is 4.98 Å². The van der Waals surface area contributed by atoms with E-state index in [1.165, 1.54) is 0 Å². The van der Waals surface area contributed by atoms with Crippen molar-refractivity contribution in [2.24, 2.45) is 0 Å². The van der Waals surface area contributed by atoms with Crippen LogP contribution in [0.3, 0.4) is 0 Å². The van der Waals surface area contributed by atoms with E-state index < -0.39 is 0 Å². The molecule has 1 aromatic heterocycles. The summed E-state index contributed by atoms with van der Waals surface area (Å²) in [5.41, 5.74) is 1.07. The van der Waals surface area contributed by atoms with Crippen LogP contribution in [0.1, 0.15) is 26.3 Å². The summed E-state index contributed by atoms with van der Waals surface area (Å²) >= 11 is 3.49. The molecule has 0 saturated heterocycles. The molecule has 0 N–H and O–H groups in total. The lowest BCUT2D eigenvalue weighted by molar-refractivity contribution is -0.141. The molecule has 0 saturated carbocycles. The average Bonchev–Trinajstić information content (AvgIpc) is 2.27. The van der Waals surface area contributed by atoms with Crippen molar-refractivity contribution >= 4 is 27.7 Å². The van der Waals surface area contributed by atoms with Gasteiger partial charge in [0.1, 0.15) is 12.4 Å². The lowest BCUT2D eigenvalue weighted by Gasteiger charge is -2.27. The number of anilines is 1. The smallest absolute Gasteiger partial charge is 0.325 e. The first-order valence-corrected chi connectivity index (χ1v) is 6.79. The van der Waals surface area contributed by atoms with Crippen LogP contribution in [-0.2, 0) is 9.53 Å². The van der Waals surface area contributed by atoms with E-state index in [9.17, 15) is 4.79 Å². The maximum Gasteiger partial charge on any atom is 0.325 e. The molecule has 0 spiro atoms. The van der Waals surface area contributed by atoms with Gasteiger partial charge >= 0.3 is 5.97 Å². The minimum Gasteiger partial charge on any atom is -0.465 e. The number of rotatable bonds is 5. The normalized spacial score (nSPS) is 10.6. The Kier molecular flexibility index (Phi) is 5.59. The summed E-state index contributed by atoms with van der Waals surface area (Å²) in [7, 11) is 0. The van der Waals surface area contributed by atoms with Gasteiger partial charge in [0, 0.05) is 12.2 Å². The SMILES string of the molecule is CCOC(=O)CN(c1ncc(C)cc1Br)C(C)C. The first-order valence-electron chi connectivity index (χ1n) is 6.00. The van der Waals surface area contributed by atoms with Crippen LogP contribution >= 0.6 is 15.9 Å². The van der Waals surface area contributed by atoms with Crippen LogP contribution < -0.4 is 4.90 Å². The summed E-state index contributed by atoms with van der Waals surface area (Å²) in [4.78, 5) is 17.9. The molecule has 100 valence electrons. The molecule has 4 nitrogen and oxygen atoms in total. The Morgan fingerprint density at radius 2 is 2.22 bits per heavy atom. The number of aryl methyl sites for hydroxylation is 1. The van der Waals surface area contributed by atoms with Gasteiger partial charge in [-0.1, -0.05) is 0 Å². The number of carbonyl (C=O) groups excluding carboxylic acids is 1. The summed E-state index contributed by atoms with van der Waals surface area (Å²) in [5.74, 6) is 0.532. The first kappa shape index (κ1) is 15.0. The zero-order chi connectivity index (χ0) is 13.7. The molecule has 0 aliphatic rings. The molecule has 1 heterocycles. The highest BCUT2D eigenvalue weighted by molar-refractivity contribution is 9.10. The van der Waals surface area contributed by atoms with Crippen LogP contribution in [0.15, 0.2) is 16.7 Å². The topological polar surface area (TPSA) is 42.4 Å². The molecule has 0 atom stereocenters. The van der Waals surface area contributed by atoms with Crippen LogP contribution in [0, 0.1) is 6.92 Å². The van der Waals surface area contributed by atoms with E-state index in [0.29, 0.717) is 6.61 Å². The number of ether oxygens (including phenoxy) is 1. The van der Waals surface area contributed by atoms with Crippen molar-refractivity contribution in [3.05, 3.63) is 22.3 Å². The molecule has 0 aliphatic carbocycles. The zero-order valence-corrected chi connectivity index (χ0v) is 12.8. The van der Waals surface area contributed by atoms with Gasteiger partial charge in [0.25, 0.3) is 0 Å². The third kappa shape index (κ3) is 3.98. The highest BCUT2D eigenvalue weighted by Gasteiger charge is 2.19. The molecule has 0 amide bonds. The van der Waals surface area contributed by atoms with Gasteiger partial charge in [-0.2, -0.15) is 0 Å². The predicted molar refractivity (Wildman–Crippen MR) is 75.8 cm³/mol. The molecule has 5 heteroatoms. The predicted octanol–water partition coefficient (Wildman–Crippen LogP) is 2.93. The Hall–Kier alpha value is -1.10. The van der Waals surface area contributed by atoms with Crippen molar-refractivity contribution in [2.75, 3.05) is 18.1 Å². The Morgan fingerprint density at radius 3 is 2.72 bits per heavy atom. The van der Waals surface area contributed by atoms with E-state index >= 15 is 0 Å². The molecule has 0 aliphatic heterocycles. The number of nitrogens with zero attached hydrogens (tertiary/aromatic N) is 2. The van der Waals surface area contributed by atoms with Crippen LogP contribution in [0.2, 0.25) is 0 Å². The molecule has 0 aromatic carbocycles. The summed E-state index contributed by atoms with van der Waals surface area (Å²) in [6, 6.07) is 2.16. The summed E-state index contributed by atoms with van der Waals surface area (Å²) in [5, 5.41) is 0. The second-order valence-corrected chi connectivity index (χ2v) is 5.20. The number of carbonyl (C=O) groups is 1. The van der Waals surface area contributed by atoms with E-state index in [1.807, 2.05) is 31.7 Å². The molecular weight excluding hydrogens is 296 g/mol.